The van der Waals surface area contributed by atoms with Gasteiger partial charge in [-0.25, -0.2) is 5.43 Å². The number of nitrogens with one attached hydrogen (secondary N) is 1. The van der Waals surface area contributed by atoms with E-state index in [0.29, 0.717) is 22.6 Å². The lowest BCUT2D eigenvalue weighted by Crippen LogP contribution is -2.25. The standard InChI is InChI=1S/C16H17N3O4S/c1-10-7-13(19(21)22)8-11(2)16(10)23-9-15(20)18-17-12(3)14-5-4-6-24-14/h4-8H,9H2,1-3H3,(H,18,20)/b17-12-. The Bertz CT molecular complexity index is 762. The summed E-state index contributed by atoms with van der Waals surface area (Å²) in [6.45, 7) is 4.98. The molecule has 1 amide bonds. The molecule has 0 unspecified atom stereocenters. The van der Waals surface area contributed by atoms with E-state index in [9.17, 15) is 14.9 Å². The number of rotatable bonds is 6. The summed E-state index contributed by atoms with van der Waals surface area (Å²) in [6, 6.07) is 6.65. The summed E-state index contributed by atoms with van der Waals surface area (Å²) < 4.78 is 5.49. The summed E-state index contributed by atoms with van der Waals surface area (Å²) in [5, 5.41) is 16.8. The number of nitro groups is 1. The summed E-state index contributed by atoms with van der Waals surface area (Å²) >= 11 is 1.53. The number of ether oxygens (including phenoxy) is 1. The second-order valence-corrected chi connectivity index (χ2v) is 6.11. The number of amides is 1. The molecule has 8 heteroatoms. The van der Waals surface area contributed by atoms with Crippen LogP contribution in [0.1, 0.15) is 22.9 Å². The highest BCUT2D eigenvalue weighted by Crippen LogP contribution is 2.28. The van der Waals surface area contributed by atoms with Crippen molar-refractivity contribution >= 4 is 28.6 Å². The highest BCUT2D eigenvalue weighted by molar-refractivity contribution is 7.12. The van der Waals surface area contributed by atoms with E-state index >= 15 is 0 Å². The number of hydrazone groups is 1. The van der Waals surface area contributed by atoms with Gasteiger partial charge in [-0.1, -0.05) is 6.07 Å². The van der Waals surface area contributed by atoms with Crippen molar-refractivity contribution in [3.05, 3.63) is 55.8 Å². The molecule has 0 aliphatic heterocycles. The molecular weight excluding hydrogens is 330 g/mol. The first-order chi connectivity index (χ1) is 11.4. The molecule has 0 atom stereocenters. The summed E-state index contributed by atoms with van der Waals surface area (Å²) in [5.41, 5.74) is 4.35. The predicted molar refractivity (Wildman–Crippen MR) is 92.7 cm³/mol. The molecule has 2 aromatic rings. The molecule has 1 N–H and O–H groups in total. The Labute approximate surface area is 143 Å². The molecule has 0 saturated carbocycles. The summed E-state index contributed by atoms with van der Waals surface area (Å²) in [6.07, 6.45) is 0. The van der Waals surface area contributed by atoms with Gasteiger partial charge in [0, 0.05) is 17.0 Å². The van der Waals surface area contributed by atoms with Crippen molar-refractivity contribution in [3.8, 4) is 5.75 Å². The van der Waals surface area contributed by atoms with Crippen molar-refractivity contribution in [2.24, 2.45) is 5.10 Å². The fourth-order valence-corrected chi connectivity index (χ4v) is 2.79. The van der Waals surface area contributed by atoms with Crippen LogP contribution >= 0.6 is 11.3 Å². The van der Waals surface area contributed by atoms with Crippen LogP contribution in [-0.2, 0) is 4.79 Å². The van der Waals surface area contributed by atoms with Crippen molar-refractivity contribution in [2.45, 2.75) is 20.8 Å². The Morgan fingerprint density at radius 1 is 1.38 bits per heavy atom. The Kier molecular flexibility index (Phi) is 5.64. The Morgan fingerprint density at radius 3 is 2.58 bits per heavy atom. The zero-order valence-corrected chi connectivity index (χ0v) is 14.3. The van der Waals surface area contributed by atoms with Gasteiger partial charge in [-0.15, -0.1) is 11.3 Å². The molecule has 7 nitrogen and oxygen atoms in total. The van der Waals surface area contributed by atoms with Gasteiger partial charge in [0.05, 0.1) is 10.6 Å². The lowest BCUT2D eigenvalue weighted by atomic mass is 10.1. The second kappa shape index (κ2) is 7.69. The van der Waals surface area contributed by atoms with Crippen molar-refractivity contribution in [1.82, 2.24) is 5.43 Å². The number of benzene rings is 1. The van der Waals surface area contributed by atoms with Crippen LogP contribution in [0.25, 0.3) is 0 Å². The van der Waals surface area contributed by atoms with Crippen LogP contribution in [0, 0.1) is 24.0 Å². The molecule has 1 aromatic heterocycles. The van der Waals surface area contributed by atoms with Crippen LogP contribution in [0.4, 0.5) is 5.69 Å². The van der Waals surface area contributed by atoms with Crippen LogP contribution in [0.5, 0.6) is 5.75 Å². The molecule has 0 spiro atoms. The maximum Gasteiger partial charge on any atom is 0.277 e. The Hall–Kier alpha value is -2.74. The molecule has 0 aliphatic carbocycles. The van der Waals surface area contributed by atoms with Gasteiger partial charge in [0.15, 0.2) is 6.61 Å². The zero-order chi connectivity index (χ0) is 17.7. The van der Waals surface area contributed by atoms with Gasteiger partial charge in [0.2, 0.25) is 0 Å². The Balaban J connectivity index is 1.97. The van der Waals surface area contributed by atoms with Crippen LogP contribution in [0.3, 0.4) is 0 Å². The van der Waals surface area contributed by atoms with E-state index in [1.807, 2.05) is 17.5 Å². The SMILES string of the molecule is C/C(=N/NC(=O)COc1c(C)cc([N+](=O)[O-])cc1C)c1cccs1. The fourth-order valence-electron chi connectivity index (χ4n) is 2.12. The third-order valence-corrected chi connectivity index (χ3v) is 4.21. The average molecular weight is 347 g/mol. The molecule has 2 rings (SSSR count). The molecule has 0 aliphatic rings. The minimum atomic E-state index is -0.460. The molecule has 0 fully saturated rings. The van der Waals surface area contributed by atoms with Gasteiger partial charge in [-0.05, 0) is 43.3 Å². The first-order valence-electron chi connectivity index (χ1n) is 7.14. The number of thiophene rings is 1. The van der Waals surface area contributed by atoms with E-state index in [-0.39, 0.29) is 12.3 Å². The first kappa shape index (κ1) is 17.6. The second-order valence-electron chi connectivity index (χ2n) is 5.16. The van der Waals surface area contributed by atoms with E-state index in [1.54, 1.807) is 20.8 Å². The molecular formula is C16H17N3O4S. The minimum Gasteiger partial charge on any atom is -0.483 e. The van der Waals surface area contributed by atoms with Crippen LogP contribution < -0.4 is 10.2 Å². The lowest BCUT2D eigenvalue weighted by molar-refractivity contribution is -0.385. The lowest BCUT2D eigenvalue weighted by Gasteiger charge is -2.11. The normalized spacial score (nSPS) is 11.2. The minimum absolute atomic E-state index is 0.00188. The quantitative estimate of drug-likeness (QED) is 0.493. The predicted octanol–water partition coefficient (Wildman–Crippen LogP) is 3.19. The van der Waals surface area contributed by atoms with Gasteiger partial charge in [0.25, 0.3) is 11.6 Å². The van der Waals surface area contributed by atoms with Crippen molar-refractivity contribution in [2.75, 3.05) is 6.61 Å². The first-order valence-corrected chi connectivity index (χ1v) is 8.02. The number of hydrogen-bond acceptors (Lipinski definition) is 6. The third kappa shape index (κ3) is 4.39. The smallest absolute Gasteiger partial charge is 0.277 e. The Morgan fingerprint density at radius 2 is 2.04 bits per heavy atom. The van der Waals surface area contributed by atoms with Crippen LogP contribution in [0.15, 0.2) is 34.7 Å². The van der Waals surface area contributed by atoms with E-state index in [2.05, 4.69) is 10.5 Å². The van der Waals surface area contributed by atoms with E-state index in [1.165, 1.54) is 23.5 Å². The number of carbonyl (C=O) groups excluding carboxylic acids is 1. The third-order valence-electron chi connectivity index (χ3n) is 3.23. The number of hydrogen-bond donors (Lipinski definition) is 1. The highest BCUT2D eigenvalue weighted by atomic mass is 32.1. The number of carbonyl (C=O) groups is 1. The van der Waals surface area contributed by atoms with Crippen LogP contribution in [0.2, 0.25) is 0 Å². The van der Waals surface area contributed by atoms with E-state index < -0.39 is 10.8 Å². The van der Waals surface area contributed by atoms with E-state index in [0.717, 1.165) is 4.88 Å². The monoisotopic (exact) mass is 347 g/mol. The fraction of sp³-hybridized carbons (Fsp3) is 0.250. The number of nitrogens with zero attached hydrogens (tertiary/aromatic N) is 2. The summed E-state index contributed by atoms with van der Waals surface area (Å²) in [5.74, 6) is 0.0674. The summed E-state index contributed by atoms with van der Waals surface area (Å²) in [4.78, 5) is 23.2. The molecule has 0 radical (unpaired) electrons. The highest BCUT2D eigenvalue weighted by Gasteiger charge is 2.14. The molecule has 1 heterocycles. The van der Waals surface area contributed by atoms with Crippen molar-refractivity contribution in [1.29, 1.82) is 0 Å². The molecule has 1 aromatic carbocycles. The topological polar surface area (TPSA) is 93.8 Å². The number of aryl methyl sites for hydroxylation is 2. The number of non-ortho nitro benzene ring substituents is 1. The van der Waals surface area contributed by atoms with Crippen LogP contribution in [-0.4, -0.2) is 23.1 Å². The van der Waals surface area contributed by atoms with E-state index in [4.69, 9.17) is 4.74 Å². The molecule has 0 saturated heterocycles. The van der Waals surface area contributed by atoms with Crippen molar-refractivity contribution in [3.63, 3.8) is 0 Å². The maximum atomic E-state index is 11.8. The average Bonchev–Trinajstić information content (AvgIpc) is 3.06. The molecule has 24 heavy (non-hydrogen) atoms. The number of nitro benzene ring substituents is 1. The van der Waals surface area contributed by atoms with Gasteiger partial charge in [-0.3, -0.25) is 14.9 Å². The maximum absolute atomic E-state index is 11.8. The summed E-state index contributed by atoms with van der Waals surface area (Å²) in [7, 11) is 0. The molecule has 0 bridgehead atoms. The van der Waals surface area contributed by atoms with Gasteiger partial charge in [0.1, 0.15) is 5.75 Å². The zero-order valence-electron chi connectivity index (χ0n) is 13.5. The molecule has 126 valence electrons. The largest absolute Gasteiger partial charge is 0.483 e. The van der Waals surface area contributed by atoms with Gasteiger partial charge in [-0.2, -0.15) is 5.10 Å². The van der Waals surface area contributed by atoms with Gasteiger partial charge < -0.3 is 4.74 Å². The van der Waals surface area contributed by atoms with Gasteiger partial charge >= 0.3 is 0 Å². The van der Waals surface area contributed by atoms with Crippen molar-refractivity contribution < 1.29 is 14.5 Å².